The van der Waals surface area contributed by atoms with Crippen LogP contribution in [0.1, 0.15) is 27.0 Å². The van der Waals surface area contributed by atoms with Crippen molar-refractivity contribution in [3.63, 3.8) is 0 Å². The van der Waals surface area contributed by atoms with Gasteiger partial charge in [0.15, 0.2) is 5.78 Å². The molecule has 0 bridgehead atoms. The van der Waals surface area contributed by atoms with Gasteiger partial charge in [-0.05, 0) is 30.5 Å². The van der Waals surface area contributed by atoms with Crippen LogP contribution in [0.2, 0.25) is 0 Å². The van der Waals surface area contributed by atoms with Gasteiger partial charge in [-0.2, -0.15) is 5.10 Å². The number of nitrogens with zero attached hydrogens (tertiary/aromatic N) is 2. The molecule has 0 fully saturated rings. The lowest BCUT2D eigenvalue weighted by atomic mass is 10.0. The molecular weight excluding hydrogens is 212 g/mol. The zero-order chi connectivity index (χ0) is 12.4. The molecule has 0 saturated heterocycles. The molecule has 0 aliphatic heterocycles. The molecule has 1 aromatic carbocycles. The maximum Gasteiger partial charge on any atom is 0.170 e. The van der Waals surface area contributed by atoms with Crippen molar-refractivity contribution in [1.29, 1.82) is 0 Å². The number of aryl methyl sites for hydroxylation is 3. The molecule has 3 nitrogen and oxygen atoms in total. The van der Waals surface area contributed by atoms with Crippen LogP contribution in [0.3, 0.4) is 0 Å². The van der Waals surface area contributed by atoms with E-state index in [4.69, 9.17) is 0 Å². The first kappa shape index (κ1) is 11.6. The van der Waals surface area contributed by atoms with Crippen LogP contribution in [0.4, 0.5) is 0 Å². The molecule has 2 rings (SSSR count). The predicted molar refractivity (Wildman–Crippen MR) is 67.2 cm³/mol. The van der Waals surface area contributed by atoms with Gasteiger partial charge in [0.1, 0.15) is 0 Å². The van der Waals surface area contributed by atoms with E-state index in [-0.39, 0.29) is 5.78 Å². The summed E-state index contributed by atoms with van der Waals surface area (Å²) >= 11 is 0. The maximum absolute atomic E-state index is 12.0. The highest BCUT2D eigenvalue weighted by Crippen LogP contribution is 2.12. The largest absolute Gasteiger partial charge is 0.294 e. The minimum atomic E-state index is 0.112. The van der Waals surface area contributed by atoms with E-state index in [1.807, 2.05) is 13.1 Å². The zero-order valence-corrected chi connectivity index (χ0v) is 10.4. The van der Waals surface area contributed by atoms with Crippen LogP contribution >= 0.6 is 0 Å². The molecule has 0 aliphatic rings. The Bertz CT molecular complexity index is 555. The van der Waals surface area contributed by atoms with Gasteiger partial charge >= 0.3 is 0 Å². The van der Waals surface area contributed by atoms with Crippen molar-refractivity contribution in [2.45, 2.75) is 20.3 Å². The lowest BCUT2D eigenvalue weighted by molar-refractivity contribution is 0.0993. The second kappa shape index (κ2) is 4.53. The number of rotatable bonds is 3. The number of hydrogen-bond donors (Lipinski definition) is 0. The highest BCUT2D eigenvalue weighted by Gasteiger charge is 2.09. The Morgan fingerprint density at radius 1 is 1.29 bits per heavy atom. The zero-order valence-electron chi connectivity index (χ0n) is 10.4. The van der Waals surface area contributed by atoms with Crippen LogP contribution in [0.5, 0.6) is 0 Å². The molecule has 0 aliphatic carbocycles. The lowest BCUT2D eigenvalue weighted by Crippen LogP contribution is -2.03. The number of carbonyl (C=O) groups excluding carboxylic acids is 1. The van der Waals surface area contributed by atoms with Gasteiger partial charge in [-0.3, -0.25) is 9.48 Å². The Labute approximate surface area is 101 Å². The summed E-state index contributed by atoms with van der Waals surface area (Å²) in [6.07, 6.45) is 3.81. The average molecular weight is 228 g/mol. The van der Waals surface area contributed by atoms with Gasteiger partial charge in [0.2, 0.25) is 0 Å². The van der Waals surface area contributed by atoms with Crippen LogP contribution in [0, 0.1) is 13.8 Å². The third kappa shape index (κ3) is 2.61. The highest BCUT2D eigenvalue weighted by molar-refractivity contribution is 5.97. The van der Waals surface area contributed by atoms with Crippen molar-refractivity contribution in [1.82, 2.24) is 9.78 Å². The SMILES string of the molecule is Cc1ccc(CC(=O)c2cnn(C)c2)cc1C. The van der Waals surface area contributed by atoms with E-state index in [2.05, 4.69) is 31.1 Å². The Kier molecular flexibility index (Phi) is 3.09. The fourth-order valence-corrected chi connectivity index (χ4v) is 1.77. The number of ketones is 1. The minimum Gasteiger partial charge on any atom is -0.294 e. The second-order valence-corrected chi connectivity index (χ2v) is 4.42. The molecule has 0 amide bonds. The molecule has 3 heteroatoms. The summed E-state index contributed by atoms with van der Waals surface area (Å²) in [5.74, 6) is 0.112. The molecule has 1 heterocycles. The normalized spacial score (nSPS) is 10.5. The first-order chi connectivity index (χ1) is 8.06. The van der Waals surface area contributed by atoms with Crippen molar-refractivity contribution in [2.75, 3.05) is 0 Å². The Morgan fingerprint density at radius 2 is 2.06 bits per heavy atom. The predicted octanol–water partition coefficient (Wildman–Crippen LogP) is 2.46. The standard InChI is InChI=1S/C14H16N2O/c1-10-4-5-12(6-11(10)2)7-14(17)13-8-15-16(3)9-13/h4-6,8-9H,7H2,1-3H3. The van der Waals surface area contributed by atoms with Crippen molar-refractivity contribution in [3.05, 3.63) is 52.8 Å². The Morgan fingerprint density at radius 3 is 2.65 bits per heavy atom. The number of aromatic nitrogens is 2. The van der Waals surface area contributed by atoms with E-state index in [1.165, 1.54) is 11.1 Å². The molecule has 1 aromatic heterocycles. The fourth-order valence-electron chi connectivity index (χ4n) is 1.77. The van der Waals surface area contributed by atoms with E-state index in [0.717, 1.165) is 5.56 Å². The first-order valence-electron chi connectivity index (χ1n) is 5.64. The van der Waals surface area contributed by atoms with Crippen LogP contribution in [0.25, 0.3) is 0 Å². The van der Waals surface area contributed by atoms with Crippen molar-refractivity contribution < 1.29 is 4.79 Å². The summed E-state index contributed by atoms with van der Waals surface area (Å²) in [6.45, 7) is 4.13. The van der Waals surface area contributed by atoms with Gasteiger partial charge in [0, 0.05) is 19.7 Å². The van der Waals surface area contributed by atoms with Gasteiger partial charge in [0.05, 0.1) is 11.8 Å². The number of carbonyl (C=O) groups is 1. The summed E-state index contributed by atoms with van der Waals surface area (Å²) in [7, 11) is 1.81. The molecule has 0 spiro atoms. The summed E-state index contributed by atoms with van der Waals surface area (Å²) in [6, 6.07) is 6.14. The van der Waals surface area contributed by atoms with Crippen LogP contribution in [-0.2, 0) is 13.5 Å². The molecule has 0 saturated carbocycles. The average Bonchev–Trinajstić information content (AvgIpc) is 2.70. The number of hydrogen-bond acceptors (Lipinski definition) is 2. The first-order valence-corrected chi connectivity index (χ1v) is 5.64. The Balaban J connectivity index is 2.15. The number of benzene rings is 1. The van der Waals surface area contributed by atoms with Crippen molar-refractivity contribution >= 4 is 5.78 Å². The molecule has 17 heavy (non-hydrogen) atoms. The van der Waals surface area contributed by atoms with E-state index in [1.54, 1.807) is 17.1 Å². The third-order valence-electron chi connectivity index (χ3n) is 2.96. The van der Waals surface area contributed by atoms with Crippen molar-refractivity contribution in [3.8, 4) is 0 Å². The summed E-state index contributed by atoms with van der Waals surface area (Å²) in [5, 5.41) is 4.01. The van der Waals surface area contributed by atoms with E-state index < -0.39 is 0 Å². The van der Waals surface area contributed by atoms with Crippen LogP contribution in [-0.4, -0.2) is 15.6 Å². The Hall–Kier alpha value is -1.90. The topological polar surface area (TPSA) is 34.9 Å². The van der Waals surface area contributed by atoms with Crippen LogP contribution < -0.4 is 0 Å². The van der Waals surface area contributed by atoms with Gasteiger partial charge in [-0.25, -0.2) is 0 Å². The molecule has 88 valence electrons. The molecule has 0 unspecified atom stereocenters. The molecule has 0 radical (unpaired) electrons. The summed E-state index contributed by atoms with van der Waals surface area (Å²) < 4.78 is 1.65. The number of Topliss-reactive ketones (excluding diaryl/α,β-unsaturated/α-hetero) is 1. The smallest absolute Gasteiger partial charge is 0.170 e. The molecule has 2 aromatic rings. The molecule has 0 atom stereocenters. The minimum absolute atomic E-state index is 0.112. The van der Waals surface area contributed by atoms with Gasteiger partial charge < -0.3 is 0 Å². The second-order valence-electron chi connectivity index (χ2n) is 4.42. The monoisotopic (exact) mass is 228 g/mol. The van der Waals surface area contributed by atoms with Gasteiger partial charge in [-0.15, -0.1) is 0 Å². The van der Waals surface area contributed by atoms with E-state index in [0.29, 0.717) is 12.0 Å². The maximum atomic E-state index is 12.0. The summed E-state index contributed by atoms with van der Waals surface area (Å²) in [5.41, 5.74) is 4.21. The van der Waals surface area contributed by atoms with Gasteiger partial charge in [0.25, 0.3) is 0 Å². The van der Waals surface area contributed by atoms with E-state index >= 15 is 0 Å². The summed E-state index contributed by atoms with van der Waals surface area (Å²) in [4.78, 5) is 12.0. The quantitative estimate of drug-likeness (QED) is 0.756. The fraction of sp³-hybridized carbons (Fsp3) is 0.286. The highest BCUT2D eigenvalue weighted by atomic mass is 16.1. The van der Waals surface area contributed by atoms with Gasteiger partial charge in [-0.1, -0.05) is 18.2 Å². The van der Waals surface area contributed by atoms with Crippen LogP contribution in [0.15, 0.2) is 30.6 Å². The van der Waals surface area contributed by atoms with E-state index in [9.17, 15) is 4.79 Å². The molecule has 0 N–H and O–H groups in total. The lowest BCUT2D eigenvalue weighted by Gasteiger charge is -2.03. The van der Waals surface area contributed by atoms with Crippen molar-refractivity contribution in [2.24, 2.45) is 7.05 Å². The molecular formula is C14H16N2O. The third-order valence-corrected chi connectivity index (χ3v) is 2.96.